The third-order valence-corrected chi connectivity index (χ3v) is 5.21. The lowest BCUT2D eigenvalue weighted by molar-refractivity contribution is 0.0951. The average molecular weight is 374 g/mol. The Morgan fingerprint density at radius 2 is 1.65 bits per heavy atom. The summed E-state index contributed by atoms with van der Waals surface area (Å²) in [5.74, 6) is 0.499. The second-order valence-corrected chi connectivity index (χ2v) is 8.25. The van der Waals surface area contributed by atoms with Gasteiger partial charge in [0.2, 0.25) is 0 Å². The van der Waals surface area contributed by atoms with Crippen LogP contribution in [-0.2, 0) is 10.0 Å². The molecule has 6 nitrogen and oxygen atoms in total. The van der Waals surface area contributed by atoms with Gasteiger partial charge in [-0.1, -0.05) is 0 Å². The standard InChI is InChI=1S/C19H22N2O4S/c1-13(2)25-17-9-7-16(8-10-17)21-26(23,24)18-11-3-14(4-12-18)19(22)20-15-5-6-15/h3-4,7-13,15,21H,5-6H2,1-2H3,(H,20,22). The highest BCUT2D eigenvalue weighted by Crippen LogP contribution is 2.22. The van der Waals surface area contributed by atoms with E-state index in [4.69, 9.17) is 4.74 Å². The number of benzene rings is 2. The van der Waals surface area contributed by atoms with Crippen LogP contribution in [0.2, 0.25) is 0 Å². The van der Waals surface area contributed by atoms with Crippen molar-refractivity contribution < 1.29 is 17.9 Å². The Balaban J connectivity index is 1.68. The number of amides is 1. The van der Waals surface area contributed by atoms with Crippen LogP contribution in [0.1, 0.15) is 37.0 Å². The van der Waals surface area contributed by atoms with Crippen molar-refractivity contribution in [3.63, 3.8) is 0 Å². The number of sulfonamides is 1. The second kappa shape index (κ2) is 7.37. The number of carbonyl (C=O) groups is 1. The first kappa shape index (κ1) is 18.3. The summed E-state index contributed by atoms with van der Waals surface area (Å²) in [6.07, 6.45) is 2.06. The van der Waals surface area contributed by atoms with Crippen molar-refractivity contribution in [3.8, 4) is 5.75 Å². The lowest BCUT2D eigenvalue weighted by Gasteiger charge is -2.12. The van der Waals surface area contributed by atoms with Gasteiger partial charge in [-0.25, -0.2) is 8.42 Å². The summed E-state index contributed by atoms with van der Waals surface area (Å²) < 4.78 is 33.0. The molecule has 138 valence electrons. The van der Waals surface area contributed by atoms with Crippen molar-refractivity contribution in [1.29, 1.82) is 0 Å². The van der Waals surface area contributed by atoms with E-state index < -0.39 is 10.0 Å². The maximum Gasteiger partial charge on any atom is 0.261 e. The zero-order valence-electron chi connectivity index (χ0n) is 14.7. The number of rotatable bonds is 7. The van der Waals surface area contributed by atoms with Crippen LogP contribution in [-0.4, -0.2) is 26.5 Å². The summed E-state index contributed by atoms with van der Waals surface area (Å²) in [7, 11) is -3.72. The minimum atomic E-state index is -3.72. The van der Waals surface area contributed by atoms with Crippen LogP contribution in [0, 0.1) is 0 Å². The van der Waals surface area contributed by atoms with Gasteiger partial charge in [-0.3, -0.25) is 9.52 Å². The van der Waals surface area contributed by atoms with Crippen molar-refractivity contribution >= 4 is 21.6 Å². The molecule has 2 aromatic carbocycles. The molecule has 0 aromatic heterocycles. The summed E-state index contributed by atoms with van der Waals surface area (Å²) in [5.41, 5.74) is 0.891. The normalized spacial score (nSPS) is 14.1. The van der Waals surface area contributed by atoms with E-state index >= 15 is 0 Å². The largest absolute Gasteiger partial charge is 0.491 e. The maximum atomic E-state index is 12.5. The smallest absolute Gasteiger partial charge is 0.261 e. The third-order valence-electron chi connectivity index (χ3n) is 3.82. The van der Waals surface area contributed by atoms with E-state index in [-0.39, 0.29) is 22.9 Å². The fourth-order valence-corrected chi connectivity index (χ4v) is 3.43. The van der Waals surface area contributed by atoms with E-state index in [1.807, 2.05) is 13.8 Å². The fraction of sp³-hybridized carbons (Fsp3) is 0.316. The molecule has 1 aliphatic rings. The molecular formula is C19H22N2O4S. The Kier molecular flexibility index (Phi) is 5.18. The van der Waals surface area contributed by atoms with Gasteiger partial charge in [-0.2, -0.15) is 0 Å². The number of ether oxygens (including phenoxy) is 1. The van der Waals surface area contributed by atoms with Gasteiger partial charge in [-0.05, 0) is 75.2 Å². The minimum absolute atomic E-state index is 0.0492. The Morgan fingerprint density at radius 1 is 1.04 bits per heavy atom. The Bertz CT molecular complexity index is 871. The van der Waals surface area contributed by atoms with Crippen LogP contribution >= 0.6 is 0 Å². The molecule has 0 radical (unpaired) electrons. The van der Waals surface area contributed by atoms with Crippen LogP contribution in [0.15, 0.2) is 53.4 Å². The molecule has 0 atom stereocenters. The van der Waals surface area contributed by atoms with Crippen LogP contribution in [0.25, 0.3) is 0 Å². The van der Waals surface area contributed by atoms with Gasteiger partial charge in [0, 0.05) is 17.3 Å². The topological polar surface area (TPSA) is 84.5 Å². The van der Waals surface area contributed by atoms with Crippen molar-refractivity contribution in [2.24, 2.45) is 0 Å². The van der Waals surface area contributed by atoms with Crippen molar-refractivity contribution in [3.05, 3.63) is 54.1 Å². The molecule has 1 fully saturated rings. The molecule has 2 aromatic rings. The second-order valence-electron chi connectivity index (χ2n) is 6.57. The Labute approximate surface area is 153 Å². The highest BCUT2D eigenvalue weighted by molar-refractivity contribution is 7.92. The third kappa shape index (κ3) is 4.76. The van der Waals surface area contributed by atoms with E-state index in [1.54, 1.807) is 24.3 Å². The highest BCUT2D eigenvalue weighted by atomic mass is 32.2. The molecule has 0 aliphatic heterocycles. The molecule has 0 spiro atoms. The molecule has 0 unspecified atom stereocenters. The lowest BCUT2D eigenvalue weighted by Crippen LogP contribution is -2.25. The van der Waals surface area contributed by atoms with E-state index in [1.165, 1.54) is 24.3 Å². The minimum Gasteiger partial charge on any atom is -0.491 e. The number of hydrogen-bond acceptors (Lipinski definition) is 4. The van der Waals surface area contributed by atoms with Crippen LogP contribution < -0.4 is 14.8 Å². The monoisotopic (exact) mass is 374 g/mol. The van der Waals surface area contributed by atoms with Crippen molar-refractivity contribution in [2.75, 3.05) is 4.72 Å². The predicted molar refractivity (Wildman–Crippen MR) is 99.9 cm³/mol. The molecule has 1 saturated carbocycles. The van der Waals surface area contributed by atoms with Gasteiger partial charge in [-0.15, -0.1) is 0 Å². The maximum absolute atomic E-state index is 12.5. The zero-order valence-corrected chi connectivity index (χ0v) is 15.5. The molecule has 0 heterocycles. The van der Waals surface area contributed by atoms with Gasteiger partial charge >= 0.3 is 0 Å². The Morgan fingerprint density at radius 3 is 2.19 bits per heavy atom. The molecule has 1 aliphatic carbocycles. The molecule has 26 heavy (non-hydrogen) atoms. The first-order chi connectivity index (χ1) is 12.3. The number of hydrogen-bond donors (Lipinski definition) is 2. The molecule has 7 heteroatoms. The van der Waals surface area contributed by atoms with E-state index in [0.29, 0.717) is 17.0 Å². The highest BCUT2D eigenvalue weighted by Gasteiger charge is 2.24. The van der Waals surface area contributed by atoms with E-state index in [2.05, 4.69) is 10.0 Å². The van der Waals surface area contributed by atoms with E-state index in [9.17, 15) is 13.2 Å². The molecular weight excluding hydrogens is 352 g/mol. The SMILES string of the molecule is CC(C)Oc1ccc(NS(=O)(=O)c2ccc(C(=O)NC3CC3)cc2)cc1. The average Bonchev–Trinajstić information content (AvgIpc) is 3.40. The zero-order chi connectivity index (χ0) is 18.7. The summed E-state index contributed by atoms with van der Waals surface area (Å²) in [6, 6.07) is 12.9. The van der Waals surface area contributed by atoms with Gasteiger partial charge in [0.25, 0.3) is 15.9 Å². The number of anilines is 1. The van der Waals surface area contributed by atoms with Gasteiger partial charge in [0.05, 0.1) is 11.0 Å². The molecule has 2 N–H and O–H groups in total. The van der Waals surface area contributed by atoms with Crippen molar-refractivity contribution in [2.45, 2.75) is 43.7 Å². The first-order valence-corrected chi connectivity index (χ1v) is 10.0. The fourth-order valence-electron chi connectivity index (χ4n) is 2.37. The molecule has 0 saturated heterocycles. The predicted octanol–water partition coefficient (Wildman–Crippen LogP) is 3.17. The van der Waals surface area contributed by atoms with Gasteiger partial charge in [0.1, 0.15) is 5.75 Å². The van der Waals surface area contributed by atoms with Gasteiger partial charge < -0.3 is 10.1 Å². The quantitative estimate of drug-likeness (QED) is 0.780. The van der Waals surface area contributed by atoms with E-state index in [0.717, 1.165) is 12.8 Å². The van der Waals surface area contributed by atoms with Crippen molar-refractivity contribution in [1.82, 2.24) is 5.32 Å². The molecule has 1 amide bonds. The first-order valence-electron chi connectivity index (χ1n) is 8.54. The molecule has 3 rings (SSSR count). The van der Waals surface area contributed by atoms with Crippen LogP contribution in [0.4, 0.5) is 5.69 Å². The summed E-state index contributed by atoms with van der Waals surface area (Å²) >= 11 is 0. The lowest BCUT2D eigenvalue weighted by atomic mass is 10.2. The van der Waals surface area contributed by atoms with Crippen LogP contribution in [0.5, 0.6) is 5.75 Å². The van der Waals surface area contributed by atoms with Gasteiger partial charge in [0.15, 0.2) is 0 Å². The molecule has 0 bridgehead atoms. The Hall–Kier alpha value is -2.54. The summed E-state index contributed by atoms with van der Waals surface area (Å²) in [6.45, 7) is 3.84. The van der Waals surface area contributed by atoms with Crippen LogP contribution in [0.3, 0.4) is 0 Å². The number of carbonyl (C=O) groups excluding carboxylic acids is 1. The summed E-state index contributed by atoms with van der Waals surface area (Å²) in [4.78, 5) is 12.1. The number of nitrogens with one attached hydrogen (secondary N) is 2. The summed E-state index contributed by atoms with van der Waals surface area (Å²) in [5, 5.41) is 2.87.